The molecule has 0 unspecified atom stereocenters. The van der Waals surface area contributed by atoms with Crippen molar-refractivity contribution >= 4 is 29.1 Å². The lowest BCUT2D eigenvalue weighted by Crippen LogP contribution is -2.45. The summed E-state index contributed by atoms with van der Waals surface area (Å²) in [5.41, 5.74) is 2.30. The van der Waals surface area contributed by atoms with Crippen LogP contribution in [0.25, 0.3) is 6.08 Å². The van der Waals surface area contributed by atoms with Crippen molar-refractivity contribution < 1.29 is 27.9 Å². The molecule has 5 nitrogen and oxygen atoms in total. The quantitative estimate of drug-likeness (QED) is 0.406. The van der Waals surface area contributed by atoms with Gasteiger partial charge in [-0.2, -0.15) is 13.2 Å². The van der Waals surface area contributed by atoms with Crippen molar-refractivity contribution in [1.29, 1.82) is 0 Å². The molecule has 1 aliphatic heterocycles. The molecule has 2 atom stereocenters. The van der Waals surface area contributed by atoms with E-state index in [2.05, 4.69) is 5.32 Å². The number of anilines is 2. The van der Waals surface area contributed by atoms with Gasteiger partial charge in [-0.1, -0.05) is 44.2 Å². The number of nitrogens with one attached hydrogen (secondary N) is 1. The number of fused-ring (bicyclic) bond motifs is 1. The van der Waals surface area contributed by atoms with Crippen molar-refractivity contribution in [2.75, 3.05) is 23.9 Å². The Labute approximate surface area is 209 Å². The molecule has 36 heavy (non-hydrogen) atoms. The zero-order valence-corrected chi connectivity index (χ0v) is 20.5. The van der Waals surface area contributed by atoms with Crippen molar-refractivity contribution in [3.63, 3.8) is 0 Å². The predicted octanol–water partition coefficient (Wildman–Crippen LogP) is 5.50. The minimum Gasteiger partial charge on any atom is -0.396 e. The number of likely N-dealkylation sites (N-methyl/N-ethyl adjacent to an activating group) is 1. The van der Waals surface area contributed by atoms with Gasteiger partial charge in [0.15, 0.2) is 5.78 Å². The number of alkyl halides is 3. The highest BCUT2D eigenvalue weighted by molar-refractivity contribution is 5.99. The van der Waals surface area contributed by atoms with Crippen LogP contribution in [0.1, 0.15) is 37.0 Å². The van der Waals surface area contributed by atoms with Gasteiger partial charge in [0, 0.05) is 37.5 Å². The number of amides is 1. The fourth-order valence-electron chi connectivity index (χ4n) is 4.55. The minimum atomic E-state index is -4.38. The summed E-state index contributed by atoms with van der Waals surface area (Å²) in [4.78, 5) is 27.2. The Balaban J connectivity index is 1.70. The second kappa shape index (κ2) is 11.6. The van der Waals surface area contributed by atoms with Gasteiger partial charge in [-0.3, -0.25) is 9.59 Å². The van der Waals surface area contributed by atoms with Crippen molar-refractivity contribution in [3.05, 3.63) is 77.4 Å². The highest BCUT2D eigenvalue weighted by atomic mass is 19.4. The van der Waals surface area contributed by atoms with E-state index in [1.165, 1.54) is 24.3 Å². The molecule has 8 heteroatoms. The van der Waals surface area contributed by atoms with Crippen molar-refractivity contribution in [2.45, 2.75) is 38.9 Å². The summed E-state index contributed by atoms with van der Waals surface area (Å²) in [6, 6.07) is 9.96. The average molecular weight is 501 g/mol. The van der Waals surface area contributed by atoms with Gasteiger partial charge in [-0.05, 0) is 59.7 Å². The first-order valence-electron chi connectivity index (χ1n) is 11.8. The van der Waals surface area contributed by atoms with Crippen molar-refractivity contribution in [3.8, 4) is 0 Å². The molecule has 0 bridgehead atoms. The molecule has 192 valence electrons. The molecular weight excluding hydrogens is 469 g/mol. The van der Waals surface area contributed by atoms with E-state index >= 15 is 0 Å². The summed E-state index contributed by atoms with van der Waals surface area (Å²) in [6.45, 7) is 3.91. The zero-order chi connectivity index (χ0) is 26.5. The molecule has 1 amide bonds. The van der Waals surface area contributed by atoms with Gasteiger partial charge in [0.2, 0.25) is 5.91 Å². The molecule has 0 saturated heterocycles. The second-order valence-corrected chi connectivity index (χ2v) is 9.39. The Morgan fingerprint density at radius 2 is 1.83 bits per heavy atom. The van der Waals surface area contributed by atoms with Gasteiger partial charge in [0.1, 0.15) is 0 Å². The molecule has 0 radical (unpaired) electrons. The van der Waals surface area contributed by atoms with Gasteiger partial charge in [0.05, 0.1) is 11.6 Å². The number of nitrogens with zero attached hydrogens (tertiary/aromatic N) is 1. The average Bonchev–Trinajstić information content (AvgIpc) is 2.80. The second-order valence-electron chi connectivity index (χ2n) is 9.39. The maximum atomic E-state index is 12.8. The molecule has 0 aromatic heterocycles. The van der Waals surface area contributed by atoms with Crippen LogP contribution in [0.3, 0.4) is 0 Å². The lowest BCUT2D eigenvalue weighted by molar-refractivity contribution is -0.137. The van der Waals surface area contributed by atoms with Crippen LogP contribution >= 0.6 is 0 Å². The molecule has 2 N–H and O–H groups in total. The summed E-state index contributed by atoms with van der Waals surface area (Å²) in [5, 5.41) is 12.6. The van der Waals surface area contributed by atoms with Crippen LogP contribution in [0.4, 0.5) is 24.5 Å². The number of hydrogen-bond donors (Lipinski definition) is 2. The number of halogens is 3. The first kappa shape index (κ1) is 27.2. The molecule has 0 aliphatic carbocycles. The van der Waals surface area contributed by atoms with Crippen LogP contribution in [-0.2, 0) is 22.2 Å². The number of ketones is 1. The number of carbonyl (C=O) groups excluding carboxylic acids is 2. The third-order valence-corrected chi connectivity index (χ3v) is 6.25. The fraction of sp³-hybridized carbons (Fsp3) is 0.357. The van der Waals surface area contributed by atoms with E-state index in [1.54, 1.807) is 18.2 Å². The molecule has 2 aromatic rings. The van der Waals surface area contributed by atoms with E-state index in [0.29, 0.717) is 24.1 Å². The Morgan fingerprint density at radius 1 is 1.14 bits per heavy atom. The largest absolute Gasteiger partial charge is 0.416 e. The number of allylic oxidation sites excluding steroid dienone is 2. The first-order chi connectivity index (χ1) is 17.0. The van der Waals surface area contributed by atoms with E-state index in [1.807, 2.05) is 37.9 Å². The number of benzene rings is 2. The van der Waals surface area contributed by atoms with E-state index in [4.69, 9.17) is 0 Å². The third-order valence-electron chi connectivity index (χ3n) is 6.25. The monoisotopic (exact) mass is 500 g/mol. The van der Waals surface area contributed by atoms with Gasteiger partial charge in [-0.25, -0.2) is 0 Å². The third kappa shape index (κ3) is 6.85. The standard InChI is InChI=1S/C28H31F3N2O3/c1-18(2)27-25(35)15-20(17-34)14-21-16-23(12-13-24(21)33(27)3)32-26(36)7-5-4-6-19-8-10-22(11-9-19)28(29,30)31/h4-13,16,18,20,27,34H,14-15,17H2,1-3H3,(H,32,36)/t20-,27+/m1/s1. The molecule has 0 fully saturated rings. The van der Waals surface area contributed by atoms with E-state index < -0.39 is 11.7 Å². The van der Waals surface area contributed by atoms with Crippen LogP contribution in [0, 0.1) is 11.8 Å². The number of hydrogen-bond acceptors (Lipinski definition) is 4. The molecular formula is C28H31F3N2O3. The number of rotatable bonds is 6. The van der Waals surface area contributed by atoms with Gasteiger partial charge in [-0.15, -0.1) is 0 Å². The lowest BCUT2D eigenvalue weighted by Gasteiger charge is -2.36. The maximum absolute atomic E-state index is 12.8. The van der Waals surface area contributed by atoms with Gasteiger partial charge < -0.3 is 15.3 Å². The Bertz CT molecular complexity index is 1140. The van der Waals surface area contributed by atoms with Gasteiger partial charge in [0.25, 0.3) is 0 Å². The first-order valence-corrected chi connectivity index (χ1v) is 11.8. The molecule has 1 aliphatic rings. The van der Waals surface area contributed by atoms with E-state index in [-0.39, 0.29) is 36.2 Å². The molecule has 3 rings (SSSR count). The smallest absolute Gasteiger partial charge is 0.396 e. The highest BCUT2D eigenvalue weighted by Crippen LogP contribution is 2.33. The normalized spacial score (nSPS) is 19.0. The van der Waals surface area contributed by atoms with Crippen molar-refractivity contribution in [1.82, 2.24) is 0 Å². The summed E-state index contributed by atoms with van der Waals surface area (Å²) < 4.78 is 37.9. The minimum absolute atomic E-state index is 0.0930. The maximum Gasteiger partial charge on any atom is 0.416 e. The fourth-order valence-corrected chi connectivity index (χ4v) is 4.55. The topological polar surface area (TPSA) is 69.6 Å². The summed E-state index contributed by atoms with van der Waals surface area (Å²) in [5.74, 6) is -0.329. The van der Waals surface area contributed by atoms with Crippen LogP contribution in [0.5, 0.6) is 0 Å². The number of Topliss-reactive ketones (excluding diaryl/α,β-unsaturated/α-hetero) is 1. The number of carbonyl (C=O) groups is 2. The molecule has 0 saturated carbocycles. The highest BCUT2D eigenvalue weighted by Gasteiger charge is 2.32. The summed E-state index contributed by atoms with van der Waals surface area (Å²) >= 11 is 0. The van der Waals surface area contributed by atoms with Crippen LogP contribution in [0.15, 0.2) is 60.7 Å². The summed E-state index contributed by atoms with van der Waals surface area (Å²) in [6.07, 6.45) is 2.45. The Morgan fingerprint density at radius 3 is 2.44 bits per heavy atom. The van der Waals surface area contributed by atoms with E-state index in [9.17, 15) is 27.9 Å². The predicted molar refractivity (Wildman–Crippen MR) is 136 cm³/mol. The number of aliphatic hydroxyl groups is 1. The Kier molecular flexibility index (Phi) is 8.74. The van der Waals surface area contributed by atoms with Crippen LogP contribution in [0.2, 0.25) is 0 Å². The van der Waals surface area contributed by atoms with Crippen molar-refractivity contribution in [2.24, 2.45) is 11.8 Å². The van der Waals surface area contributed by atoms with E-state index in [0.717, 1.165) is 23.4 Å². The molecule has 0 spiro atoms. The van der Waals surface area contributed by atoms with Gasteiger partial charge >= 0.3 is 6.18 Å². The number of aliphatic hydroxyl groups excluding tert-OH is 1. The Hall–Kier alpha value is -3.39. The summed E-state index contributed by atoms with van der Waals surface area (Å²) in [7, 11) is 1.89. The lowest BCUT2D eigenvalue weighted by atomic mass is 9.85. The molecule has 1 heterocycles. The van der Waals surface area contributed by atoms with Crippen LogP contribution < -0.4 is 10.2 Å². The molecule has 2 aromatic carbocycles. The zero-order valence-electron chi connectivity index (χ0n) is 20.5. The van der Waals surface area contributed by atoms with Crippen LogP contribution in [-0.4, -0.2) is 36.5 Å². The SMILES string of the molecule is CC(C)[C@H]1C(=O)C[C@H](CO)Cc2cc(NC(=O)C=CC=Cc3ccc(C(F)(F)F)cc3)ccc2N1C.